The number of rotatable bonds is 8. The Balaban J connectivity index is 1.82. The van der Waals surface area contributed by atoms with Gasteiger partial charge in [0, 0.05) is 11.1 Å². The SMILES string of the molecule is Cc1cc(C(=O)C=Cc2sc(-c3ccc(C(F)(F)F)cc3)nc2C(C)C)ccc1OCC(=O)O. The van der Waals surface area contributed by atoms with Gasteiger partial charge in [-0.2, -0.15) is 13.2 Å². The standard InChI is InChI=1S/C25H22F3NO4S/c1-14(2)23-21(34-24(29-23)16-4-7-18(8-5-16)25(26,27)28)11-9-19(30)17-6-10-20(15(3)12-17)33-13-22(31)32/h4-12,14H,13H2,1-3H3,(H,31,32). The number of hydrogen-bond acceptors (Lipinski definition) is 5. The average molecular weight is 490 g/mol. The number of thiazole rings is 1. The van der Waals surface area contributed by atoms with Gasteiger partial charge in [-0.3, -0.25) is 4.79 Å². The molecule has 0 aliphatic rings. The van der Waals surface area contributed by atoms with Crippen LogP contribution in [0.3, 0.4) is 0 Å². The molecule has 2 aromatic carbocycles. The zero-order chi connectivity index (χ0) is 25.0. The number of nitrogens with zero attached hydrogens (tertiary/aromatic N) is 1. The molecule has 0 saturated carbocycles. The van der Waals surface area contributed by atoms with E-state index in [2.05, 4.69) is 4.98 Å². The minimum absolute atomic E-state index is 0.0436. The van der Waals surface area contributed by atoms with Crippen LogP contribution in [0.4, 0.5) is 13.2 Å². The third-order valence-electron chi connectivity index (χ3n) is 4.88. The molecule has 0 atom stereocenters. The number of carboxylic acids is 1. The van der Waals surface area contributed by atoms with E-state index in [1.54, 1.807) is 31.2 Å². The molecule has 0 bridgehead atoms. The number of carbonyl (C=O) groups excluding carboxylic acids is 1. The summed E-state index contributed by atoms with van der Waals surface area (Å²) in [6.07, 6.45) is -1.33. The quantitative estimate of drug-likeness (QED) is 0.284. The smallest absolute Gasteiger partial charge is 0.416 e. The molecular weight excluding hydrogens is 467 g/mol. The molecule has 0 radical (unpaired) electrons. The van der Waals surface area contributed by atoms with Gasteiger partial charge in [0.15, 0.2) is 12.4 Å². The molecule has 1 heterocycles. The average Bonchev–Trinajstić information content (AvgIpc) is 3.20. The summed E-state index contributed by atoms with van der Waals surface area (Å²) >= 11 is 1.30. The van der Waals surface area contributed by atoms with Gasteiger partial charge in [0.2, 0.25) is 0 Å². The number of ether oxygens (including phenoxy) is 1. The van der Waals surface area contributed by atoms with Crippen LogP contribution in [0.1, 0.15) is 51.8 Å². The van der Waals surface area contributed by atoms with Gasteiger partial charge in [-0.1, -0.05) is 26.0 Å². The van der Waals surface area contributed by atoms with Gasteiger partial charge < -0.3 is 9.84 Å². The number of carboxylic acid groups (broad SMARTS) is 1. The topological polar surface area (TPSA) is 76.5 Å². The molecule has 1 N–H and O–H groups in total. The van der Waals surface area contributed by atoms with Crippen LogP contribution in [-0.4, -0.2) is 28.4 Å². The van der Waals surface area contributed by atoms with Crippen LogP contribution in [0.25, 0.3) is 16.6 Å². The Hall–Kier alpha value is -3.46. The number of carbonyl (C=O) groups is 2. The summed E-state index contributed by atoms with van der Waals surface area (Å²) in [6.45, 7) is 5.14. The lowest BCUT2D eigenvalue weighted by atomic mass is 10.1. The molecule has 3 rings (SSSR count). The van der Waals surface area contributed by atoms with E-state index in [1.165, 1.54) is 29.5 Å². The van der Waals surface area contributed by atoms with E-state index in [-0.39, 0.29) is 11.7 Å². The minimum atomic E-state index is -4.41. The van der Waals surface area contributed by atoms with Crippen LogP contribution in [0.15, 0.2) is 48.5 Å². The molecule has 0 unspecified atom stereocenters. The van der Waals surface area contributed by atoms with Gasteiger partial charge in [-0.05, 0) is 60.9 Å². The van der Waals surface area contributed by atoms with E-state index in [4.69, 9.17) is 9.84 Å². The highest BCUT2D eigenvalue weighted by Gasteiger charge is 2.30. The first-order chi connectivity index (χ1) is 16.0. The highest BCUT2D eigenvalue weighted by atomic mass is 32.1. The van der Waals surface area contributed by atoms with E-state index in [9.17, 15) is 22.8 Å². The zero-order valence-electron chi connectivity index (χ0n) is 18.6. The number of aryl methyl sites for hydroxylation is 1. The summed E-state index contributed by atoms with van der Waals surface area (Å²) in [5.41, 5.74) is 1.63. The molecule has 9 heteroatoms. The number of hydrogen-bond donors (Lipinski definition) is 1. The van der Waals surface area contributed by atoms with Crippen LogP contribution in [-0.2, 0) is 11.0 Å². The highest BCUT2D eigenvalue weighted by molar-refractivity contribution is 7.16. The number of halogens is 3. The fourth-order valence-corrected chi connectivity index (χ4v) is 4.28. The Bertz CT molecular complexity index is 1230. The monoisotopic (exact) mass is 489 g/mol. The minimum Gasteiger partial charge on any atom is -0.482 e. The summed E-state index contributed by atoms with van der Waals surface area (Å²) in [7, 11) is 0. The number of ketones is 1. The van der Waals surface area contributed by atoms with Gasteiger partial charge in [0.1, 0.15) is 10.8 Å². The van der Waals surface area contributed by atoms with Crippen molar-refractivity contribution < 1.29 is 32.6 Å². The lowest BCUT2D eigenvalue weighted by Crippen LogP contribution is -2.10. The summed E-state index contributed by atoms with van der Waals surface area (Å²) in [5, 5.41) is 9.30. The van der Waals surface area contributed by atoms with Crippen LogP contribution in [0, 0.1) is 6.92 Å². The van der Waals surface area contributed by atoms with E-state index >= 15 is 0 Å². The van der Waals surface area contributed by atoms with Gasteiger partial charge in [-0.25, -0.2) is 9.78 Å². The van der Waals surface area contributed by atoms with Crippen molar-refractivity contribution in [1.29, 1.82) is 0 Å². The molecule has 5 nitrogen and oxygen atoms in total. The molecule has 0 aliphatic heterocycles. The van der Waals surface area contributed by atoms with Crippen molar-refractivity contribution >= 4 is 29.2 Å². The van der Waals surface area contributed by atoms with Crippen LogP contribution < -0.4 is 4.74 Å². The van der Waals surface area contributed by atoms with E-state index in [0.717, 1.165) is 22.7 Å². The second-order valence-electron chi connectivity index (χ2n) is 7.86. The normalized spacial score (nSPS) is 11.9. The first kappa shape index (κ1) is 25.2. The predicted molar refractivity (Wildman–Crippen MR) is 124 cm³/mol. The maximum absolute atomic E-state index is 12.8. The first-order valence-corrected chi connectivity index (χ1v) is 11.1. The van der Waals surface area contributed by atoms with Crippen molar-refractivity contribution in [3.8, 4) is 16.3 Å². The van der Waals surface area contributed by atoms with Crippen molar-refractivity contribution in [3.05, 3.63) is 75.8 Å². The third-order valence-corrected chi connectivity index (χ3v) is 5.97. The number of benzene rings is 2. The predicted octanol–water partition coefficient (Wildman–Crippen LogP) is 6.62. The Kier molecular flexibility index (Phi) is 7.56. The van der Waals surface area contributed by atoms with Gasteiger partial charge in [0.25, 0.3) is 0 Å². The Morgan fingerprint density at radius 3 is 2.38 bits per heavy atom. The maximum atomic E-state index is 12.8. The summed E-state index contributed by atoms with van der Waals surface area (Å²) in [4.78, 5) is 28.7. The van der Waals surface area contributed by atoms with Crippen molar-refractivity contribution in [2.75, 3.05) is 6.61 Å². The number of allylic oxidation sites excluding steroid dienone is 1. The largest absolute Gasteiger partial charge is 0.482 e. The Morgan fingerprint density at radius 1 is 1.15 bits per heavy atom. The molecule has 0 amide bonds. The second-order valence-corrected chi connectivity index (χ2v) is 8.89. The summed E-state index contributed by atoms with van der Waals surface area (Å²) < 4.78 is 43.7. The first-order valence-electron chi connectivity index (χ1n) is 10.3. The van der Waals surface area contributed by atoms with Crippen molar-refractivity contribution in [2.45, 2.75) is 32.9 Å². The fraction of sp³-hybridized carbons (Fsp3) is 0.240. The van der Waals surface area contributed by atoms with E-state index < -0.39 is 24.3 Å². The molecule has 0 saturated heterocycles. The van der Waals surface area contributed by atoms with Crippen LogP contribution in [0.5, 0.6) is 5.75 Å². The molecule has 34 heavy (non-hydrogen) atoms. The summed E-state index contributed by atoms with van der Waals surface area (Å²) in [5.74, 6) is -0.925. The van der Waals surface area contributed by atoms with Crippen molar-refractivity contribution in [3.63, 3.8) is 0 Å². The number of alkyl halides is 3. The van der Waals surface area contributed by atoms with Crippen LogP contribution >= 0.6 is 11.3 Å². The van der Waals surface area contributed by atoms with Gasteiger partial charge in [-0.15, -0.1) is 11.3 Å². The molecule has 0 fully saturated rings. The molecule has 178 valence electrons. The Labute approximate surface area is 198 Å². The molecular formula is C25H22F3NO4S. The molecule has 1 aromatic heterocycles. The number of aromatic nitrogens is 1. The second kappa shape index (κ2) is 10.2. The lowest BCUT2D eigenvalue weighted by Gasteiger charge is -2.07. The summed E-state index contributed by atoms with van der Waals surface area (Å²) in [6, 6.07) is 9.55. The molecule has 3 aromatic rings. The number of aliphatic carboxylic acids is 1. The van der Waals surface area contributed by atoms with Gasteiger partial charge in [0.05, 0.1) is 16.1 Å². The van der Waals surface area contributed by atoms with Crippen LogP contribution in [0.2, 0.25) is 0 Å². The molecule has 0 spiro atoms. The van der Waals surface area contributed by atoms with E-state index in [1.807, 2.05) is 13.8 Å². The molecule has 0 aliphatic carbocycles. The maximum Gasteiger partial charge on any atom is 0.416 e. The zero-order valence-corrected chi connectivity index (χ0v) is 19.5. The van der Waals surface area contributed by atoms with E-state index in [0.29, 0.717) is 27.4 Å². The fourth-order valence-electron chi connectivity index (χ4n) is 3.15. The Morgan fingerprint density at radius 2 is 1.82 bits per heavy atom. The third kappa shape index (κ3) is 6.11. The van der Waals surface area contributed by atoms with Crippen molar-refractivity contribution in [1.82, 2.24) is 4.98 Å². The van der Waals surface area contributed by atoms with Crippen molar-refractivity contribution in [2.24, 2.45) is 0 Å². The van der Waals surface area contributed by atoms with Gasteiger partial charge >= 0.3 is 12.1 Å². The lowest BCUT2D eigenvalue weighted by molar-refractivity contribution is -0.139. The highest BCUT2D eigenvalue weighted by Crippen LogP contribution is 2.35.